The zero-order chi connectivity index (χ0) is 13.0. The molecule has 1 N–H and O–H groups in total. The molecule has 0 unspecified atom stereocenters. The lowest BCUT2D eigenvalue weighted by molar-refractivity contribution is 1.13. The summed E-state index contributed by atoms with van der Waals surface area (Å²) in [6, 6.07) is 16.0. The van der Waals surface area contributed by atoms with Crippen LogP contribution in [0, 0.1) is 18.3 Å². The van der Waals surface area contributed by atoms with Crippen LogP contribution in [0.1, 0.15) is 16.7 Å². The highest BCUT2D eigenvalue weighted by molar-refractivity contribution is 9.10. The minimum atomic E-state index is 0.674. The summed E-state index contributed by atoms with van der Waals surface area (Å²) in [5.74, 6) is 0. The molecule has 0 aliphatic heterocycles. The number of nitriles is 1. The van der Waals surface area contributed by atoms with E-state index in [1.54, 1.807) is 0 Å². The molecular formula is C15H13BrN2. The number of rotatable bonds is 3. The third kappa shape index (κ3) is 2.91. The standard InChI is InChI=1S/C15H13BrN2/c1-11-6-7-12(9-17)15(8-11)18-10-13-4-2-3-5-14(13)16/h2-8,18H,10H2,1H3. The van der Waals surface area contributed by atoms with E-state index in [2.05, 4.69) is 33.4 Å². The monoisotopic (exact) mass is 300 g/mol. The smallest absolute Gasteiger partial charge is 0.101 e. The van der Waals surface area contributed by atoms with E-state index in [0.717, 1.165) is 15.7 Å². The first-order valence-electron chi connectivity index (χ1n) is 5.69. The van der Waals surface area contributed by atoms with Gasteiger partial charge in [0.25, 0.3) is 0 Å². The fourth-order valence-corrected chi connectivity index (χ4v) is 2.16. The molecule has 0 saturated heterocycles. The number of benzene rings is 2. The Balaban J connectivity index is 2.18. The summed E-state index contributed by atoms with van der Waals surface area (Å²) in [6.07, 6.45) is 0. The van der Waals surface area contributed by atoms with Crippen LogP contribution in [-0.2, 0) is 6.54 Å². The second kappa shape index (κ2) is 5.70. The van der Waals surface area contributed by atoms with Crippen LogP contribution < -0.4 is 5.32 Å². The number of nitrogens with zero attached hydrogens (tertiary/aromatic N) is 1. The highest BCUT2D eigenvalue weighted by Crippen LogP contribution is 2.20. The molecule has 0 atom stereocenters. The molecule has 0 aliphatic carbocycles. The Kier molecular flexibility index (Phi) is 4.01. The van der Waals surface area contributed by atoms with E-state index in [0.29, 0.717) is 12.1 Å². The van der Waals surface area contributed by atoms with E-state index in [1.165, 1.54) is 5.56 Å². The Morgan fingerprint density at radius 2 is 2.00 bits per heavy atom. The normalized spacial score (nSPS) is 9.83. The van der Waals surface area contributed by atoms with Crippen molar-refractivity contribution in [3.8, 4) is 6.07 Å². The summed E-state index contributed by atoms with van der Waals surface area (Å²) in [4.78, 5) is 0. The summed E-state index contributed by atoms with van der Waals surface area (Å²) in [5.41, 5.74) is 3.87. The van der Waals surface area contributed by atoms with E-state index in [1.807, 2.05) is 43.3 Å². The lowest BCUT2D eigenvalue weighted by Gasteiger charge is -2.10. The van der Waals surface area contributed by atoms with Crippen molar-refractivity contribution in [2.75, 3.05) is 5.32 Å². The van der Waals surface area contributed by atoms with E-state index in [-0.39, 0.29) is 0 Å². The van der Waals surface area contributed by atoms with E-state index in [4.69, 9.17) is 5.26 Å². The predicted octanol–water partition coefficient (Wildman–Crippen LogP) is 4.24. The van der Waals surface area contributed by atoms with Gasteiger partial charge in [-0.15, -0.1) is 0 Å². The first-order valence-corrected chi connectivity index (χ1v) is 6.48. The minimum Gasteiger partial charge on any atom is -0.380 e. The third-order valence-electron chi connectivity index (χ3n) is 2.72. The first-order chi connectivity index (χ1) is 8.70. The van der Waals surface area contributed by atoms with Crippen molar-refractivity contribution >= 4 is 21.6 Å². The molecule has 2 rings (SSSR count). The van der Waals surface area contributed by atoms with Gasteiger partial charge in [-0.05, 0) is 36.2 Å². The van der Waals surface area contributed by atoms with Crippen LogP contribution in [0.15, 0.2) is 46.9 Å². The minimum absolute atomic E-state index is 0.674. The molecule has 2 aromatic carbocycles. The van der Waals surface area contributed by atoms with Crippen molar-refractivity contribution in [3.63, 3.8) is 0 Å². The number of anilines is 1. The van der Waals surface area contributed by atoms with Crippen LogP contribution in [0.4, 0.5) is 5.69 Å². The number of hydrogen-bond donors (Lipinski definition) is 1. The molecular weight excluding hydrogens is 288 g/mol. The third-order valence-corrected chi connectivity index (χ3v) is 3.50. The van der Waals surface area contributed by atoms with Crippen molar-refractivity contribution < 1.29 is 0 Å². The second-order valence-electron chi connectivity index (χ2n) is 4.11. The van der Waals surface area contributed by atoms with Gasteiger partial charge in [0, 0.05) is 11.0 Å². The highest BCUT2D eigenvalue weighted by Gasteiger charge is 2.03. The molecule has 18 heavy (non-hydrogen) atoms. The van der Waals surface area contributed by atoms with Gasteiger partial charge in [0.2, 0.25) is 0 Å². The van der Waals surface area contributed by atoms with Crippen LogP contribution in [0.2, 0.25) is 0 Å². The second-order valence-corrected chi connectivity index (χ2v) is 4.96. The number of hydrogen-bond acceptors (Lipinski definition) is 2. The summed E-state index contributed by atoms with van der Waals surface area (Å²) >= 11 is 3.51. The molecule has 0 aromatic heterocycles. The van der Waals surface area contributed by atoms with Crippen LogP contribution >= 0.6 is 15.9 Å². The van der Waals surface area contributed by atoms with E-state index >= 15 is 0 Å². The summed E-state index contributed by atoms with van der Waals surface area (Å²) in [7, 11) is 0. The molecule has 0 saturated carbocycles. The van der Waals surface area contributed by atoms with Crippen molar-refractivity contribution in [2.45, 2.75) is 13.5 Å². The molecule has 0 heterocycles. The number of halogens is 1. The molecule has 0 spiro atoms. The van der Waals surface area contributed by atoms with Crippen LogP contribution in [-0.4, -0.2) is 0 Å². The Labute approximate surface area is 115 Å². The quantitative estimate of drug-likeness (QED) is 0.920. The lowest BCUT2D eigenvalue weighted by atomic mass is 10.1. The molecule has 0 amide bonds. The fraction of sp³-hybridized carbons (Fsp3) is 0.133. The zero-order valence-electron chi connectivity index (χ0n) is 10.1. The zero-order valence-corrected chi connectivity index (χ0v) is 11.7. The molecule has 2 aromatic rings. The molecule has 0 fully saturated rings. The Hall–Kier alpha value is -1.79. The Bertz CT molecular complexity index is 600. The van der Waals surface area contributed by atoms with E-state index < -0.39 is 0 Å². The Morgan fingerprint density at radius 3 is 2.72 bits per heavy atom. The predicted molar refractivity (Wildman–Crippen MR) is 77.4 cm³/mol. The van der Waals surface area contributed by atoms with Gasteiger partial charge in [-0.2, -0.15) is 5.26 Å². The molecule has 2 nitrogen and oxygen atoms in total. The van der Waals surface area contributed by atoms with Crippen LogP contribution in [0.25, 0.3) is 0 Å². The van der Waals surface area contributed by atoms with Gasteiger partial charge in [-0.25, -0.2) is 0 Å². The van der Waals surface area contributed by atoms with Crippen LogP contribution in [0.5, 0.6) is 0 Å². The first kappa shape index (κ1) is 12.7. The topological polar surface area (TPSA) is 35.8 Å². The van der Waals surface area contributed by atoms with Gasteiger partial charge in [-0.1, -0.05) is 40.2 Å². The van der Waals surface area contributed by atoms with Crippen LogP contribution in [0.3, 0.4) is 0 Å². The average Bonchev–Trinajstić information content (AvgIpc) is 2.38. The van der Waals surface area contributed by atoms with Gasteiger partial charge in [0.05, 0.1) is 11.3 Å². The van der Waals surface area contributed by atoms with Gasteiger partial charge < -0.3 is 5.32 Å². The maximum atomic E-state index is 9.06. The SMILES string of the molecule is Cc1ccc(C#N)c(NCc2ccccc2Br)c1. The summed E-state index contributed by atoms with van der Waals surface area (Å²) in [5, 5.41) is 12.4. The average molecular weight is 301 g/mol. The number of aryl methyl sites for hydroxylation is 1. The summed E-state index contributed by atoms with van der Waals surface area (Å²) in [6.45, 7) is 2.71. The molecule has 3 heteroatoms. The van der Waals surface area contributed by atoms with Crippen molar-refractivity contribution in [2.24, 2.45) is 0 Å². The van der Waals surface area contributed by atoms with Gasteiger partial charge in [-0.3, -0.25) is 0 Å². The molecule has 90 valence electrons. The van der Waals surface area contributed by atoms with Crippen molar-refractivity contribution in [3.05, 3.63) is 63.6 Å². The molecule has 0 bridgehead atoms. The number of nitrogens with one attached hydrogen (secondary N) is 1. The molecule has 0 aliphatic rings. The highest BCUT2D eigenvalue weighted by atomic mass is 79.9. The van der Waals surface area contributed by atoms with Crippen molar-refractivity contribution in [1.29, 1.82) is 5.26 Å². The van der Waals surface area contributed by atoms with Gasteiger partial charge in [0.1, 0.15) is 6.07 Å². The largest absolute Gasteiger partial charge is 0.380 e. The van der Waals surface area contributed by atoms with Gasteiger partial charge >= 0.3 is 0 Å². The summed E-state index contributed by atoms with van der Waals surface area (Å²) < 4.78 is 1.07. The van der Waals surface area contributed by atoms with Crippen molar-refractivity contribution in [1.82, 2.24) is 0 Å². The van der Waals surface area contributed by atoms with Gasteiger partial charge in [0.15, 0.2) is 0 Å². The Morgan fingerprint density at radius 1 is 1.22 bits per heavy atom. The molecule has 0 radical (unpaired) electrons. The fourth-order valence-electron chi connectivity index (χ4n) is 1.73. The van der Waals surface area contributed by atoms with E-state index in [9.17, 15) is 0 Å². The maximum absolute atomic E-state index is 9.06. The maximum Gasteiger partial charge on any atom is 0.101 e. The lowest BCUT2D eigenvalue weighted by Crippen LogP contribution is -2.02.